The lowest BCUT2D eigenvalue weighted by Gasteiger charge is -2.13. The summed E-state index contributed by atoms with van der Waals surface area (Å²) in [5.74, 6) is 2.70. The van der Waals surface area contributed by atoms with Gasteiger partial charge in [-0.25, -0.2) is 4.98 Å². The molecule has 1 aromatic heterocycles. The van der Waals surface area contributed by atoms with E-state index >= 15 is 0 Å². The molecule has 0 amide bonds. The lowest BCUT2D eigenvalue weighted by Crippen LogP contribution is -2.14. The third kappa shape index (κ3) is 1.65. The molecular formula is C11H12BrNO. The molecule has 2 saturated carbocycles. The van der Waals surface area contributed by atoms with E-state index < -0.39 is 0 Å². The van der Waals surface area contributed by atoms with Crippen LogP contribution in [0.2, 0.25) is 0 Å². The zero-order valence-corrected chi connectivity index (χ0v) is 9.40. The summed E-state index contributed by atoms with van der Waals surface area (Å²) in [6.45, 7) is 0. The fourth-order valence-corrected chi connectivity index (χ4v) is 2.59. The van der Waals surface area contributed by atoms with Crippen molar-refractivity contribution in [1.82, 2.24) is 4.98 Å². The molecule has 0 unspecified atom stereocenters. The molecule has 1 aromatic rings. The maximum atomic E-state index is 5.80. The highest BCUT2D eigenvalue weighted by Gasteiger charge is 2.46. The van der Waals surface area contributed by atoms with E-state index in [1.54, 1.807) is 6.20 Å². The minimum atomic E-state index is 0.424. The third-order valence-corrected chi connectivity index (χ3v) is 3.66. The van der Waals surface area contributed by atoms with Crippen LogP contribution in [0.1, 0.15) is 19.3 Å². The molecule has 3 rings (SSSR count). The normalized spacial score (nSPS) is 33.9. The Morgan fingerprint density at radius 2 is 2.00 bits per heavy atom. The summed E-state index contributed by atoms with van der Waals surface area (Å²) in [4.78, 5) is 4.21. The first-order chi connectivity index (χ1) is 6.81. The fourth-order valence-electron chi connectivity index (χ4n) is 2.36. The van der Waals surface area contributed by atoms with Crippen LogP contribution in [0.15, 0.2) is 22.8 Å². The third-order valence-electron chi connectivity index (χ3n) is 3.19. The molecule has 74 valence electrons. The minimum absolute atomic E-state index is 0.424. The topological polar surface area (TPSA) is 22.1 Å². The smallest absolute Gasteiger partial charge is 0.213 e. The van der Waals surface area contributed by atoms with Crippen LogP contribution in [0.4, 0.5) is 0 Å². The quantitative estimate of drug-likeness (QED) is 0.809. The van der Waals surface area contributed by atoms with Crippen LogP contribution in [0.3, 0.4) is 0 Å². The zero-order valence-electron chi connectivity index (χ0n) is 7.82. The Morgan fingerprint density at radius 3 is 2.64 bits per heavy atom. The number of fused-ring (bicyclic) bond motifs is 1. The van der Waals surface area contributed by atoms with Crippen molar-refractivity contribution in [3.05, 3.63) is 22.8 Å². The highest BCUT2D eigenvalue weighted by Crippen LogP contribution is 2.52. The monoisotopic (exact) mass is 253 g/mol. The molecule has 2 aliphatic carbocycles. The van der Waals surface area contributed by atoms with Gasteiger partial charge in [0.25, 0.3) is 0 Å². The van der Waals surface area contributed by atoms with Crippen molar-refractivity contribution < 1.29 is 4.74 Å². The van der Waals surface area contributed by atoms with Crippen LogP contribution in [0.25, 0.3) is 0 Å². The first-order valence-corrected chi connectivity index (χ1v) is 5.89. The number of hydrogen-bond acceptors (Lipinski definition) is 2. The van der Waals surface area contributed by atoms with Crippen molar-refractivity contribution in [3.8, 4) is 5.88 Å². The number of ether oxygens (including phenoxy) is 1. The van der Waals surface area contributed by atoms with E-state index in [9.17, 15) is 0 Å². The summed E-state index contributed by atoms with van der Waals surface area (Å²) in [7, 11) is 0. The van der Waals surface area contributed by atoms with Crippen LogP contribution in [0, 0.1) is 11.8 Å². The van der Waals surface area contributed by atoms with Gasteiger partial charge in [-0.15, -0.1) is 0 Å². The summed E-state index contributed by atoms with van der Waals surface area (Å²) >= 11 is 3.36. The Balaban J connectivity index is 1.64. The lowest BCUT2D eigenvalue weighted by atomic mass is 10.2. The van der Waals surface area contributed by atoms with E-state index in [2.05, 4.69) is 20.9 Å². The molecule has 0 bridgehead atoms. The molecule has 2 fully saturated rings. The molecule has 2 aliphatic rings. The van der Waals surface area contributed by atoms with Crippen LogP contribution in [-0.4, -0.2) is 11.1 Å². The van der Waals surface area contributed by atoms with Gasteiger partial charge in [-0.3, -0.25) is 0 Å². The number of pyridine rings is 1. The molecule has 1 heterocycles. The van der Waals surface area contributed by atoms with E-state index in [0.717, 1.165) is 22.2 Å². The average molecular weight is 254 g/mol. The summed E-state index contributed by atoms with van der Waals surface area (Å²) in [6.07, 6.45) is 6.12. The predicted molar refractivity (Wildman–Crippen MR) is 57.2 cm³/mol. The van der Waals surface area contributed by atoms with Crippen LogP contribution in [-0.2, 0) is 0 Å². The number of aromatic nitrogens is 1. The fraction of sp³-hybridized carbons (Fsp3) is 0.545. The average Bonchev–Trinajstić information content (AvgIpc) is 2.79. The van der Waals surface area contributed by atoms with E-state index in [0.29, 0.717) is 6.10 Å². The molecule has 0 saturated heterocycles. The van der Waals surface area contributed by atoms with Gasteiger partial charge in [0.15, 0.2) is 0 Å². The molecule has 3 heteroatoms. The van der Waals surface area contributed by atoms with Gasteiger partial charge in [0.1, 0.15) is 6.10 Å². The van der Waals surface area contributed by atoms with Gasteiger partial charge in [0.2, 0.25) is 5.88 Å². The lowest BCUT2D eigenvalue weighted by molar-refractivity contribution is 0.186. The Morgan fingerprint density at radius 1 is 1.21 bits per heavy atom. The van der Waals surface area contributed by atoms with Gasteiger partial charge in [0, 0.05) is 16.7 Å². The van der Waals surface area contributed by atoms with Gasteiger partial charge in [0.05, 0.1) is 0 Å². The number of halogens is 1. The van der Waals surface area contributed by atoms with Crippen molar-refractivity contribution in [1.29, 1.82) is 0 Å². The summed E-state index contributed by atoms with van der Waals surface area (Å²) < 4.78 is 6.80. The molecule has 0 aliphatic heterocycles. The zero-order chi connectivity index (χ0) is 9.54. The summed E-state index contributed by atoms with van der Waals surface area (Å²) in [6, 6.07) is 3.89. The second-order valence-electron chi connectivity index (χ2n) is 4.28. The molecule has 2 nitrogen and oxygen atoms in total. The van der Waals surface area contributed by atoms with Gasteiger partial charge >= 0.3 is 0 Å². The number of nitrogens with zero attached hydrogens (tertiary/aromatic N) is 1. The van der Waals surface area contributed by atoms with E-state index in [4.69, 9.17) is 4.74 Å². The van der Waals surface area contributed by atoms with E-state index in [1.165, 1.54) is 19.3 Å². The number of hydrogen-bond donors (Lipinski definition) is 0. The van der Waals surface area contributed by atoms with Gasteiger partial charge in [-0.05, 0) is 53.1 Å². The molecular weight excluding hydrogens is 242 g/mol. The SMILES string of the molecule is Brc1ccc(O[C@H]2C[C@@H]3C[C@@H]3C2)nc1. The maximum absolute atomic E-state index is 5.80. The van der Waals surface area contributed by atoms with Gasteiger partial charge < -0.3 is 4.74 Å². The van der Waals surface area contributed by atoms with Gasteiger partial charge in [-0.1, -0.05) is 0 Å². The van der Waals surface area contributed by atoms with E-state index in [-0.39, 0.29) is 0 Å². The highest BCUT2D eigenvalue weighted by atomic mass is 79.9. The predicted octanol–water partition coefficient (Wildman–Crippen LogP) is 3.02. The first-order valence-electron chi connectivity index (χ1n) is 5.09. The van der Waals surface area contributed by atoms with Crippen molar-refractivity contribution in [2.75, 3.05) is 0 Å². The Labute approximate surface area is 91.8 Å². The Hall–Kier alpha value is -0.570. The molecule has 0 spiro atoms. The second-order valence-corrected chi connectivity index (χ2v) is 5.20. The summed E-state index contributed by atoms with van der Waals surface area (Å²) in [5.41, 5.74) is 0. The van der Waals surface area contributed by atoms with Crippen molar-refractivity contribution in [2.45, 2.75) is 25.4 Å². The van der Waals surface area contributed by atoms with Crippen LogP contribution in [0.5, 0.6) is 5.88 Å². The van der Waals surface area contributed by atoms with Crippen LogP contribution >= 0.6 is 15.9 Å². The Bertz CT molecular complexity index is 328. The summed E-state index contributed by atoms with van der Waals surface area (Å²) in [5, 5.41) is 0. The molecule has 3 atom stereocenters. The molecule has 0 radical (unpaired) electrons. The highest BCUT2D eigenvalue weighted by molar-refractivity contribution is 9.10. The minimum Gasteiger partial charge on any atom is -0.474 e. The second kappa shape index (κ2) is 3.23. The molecule has 0 aromatic carbocycles. The van der Waals surface area contributed by atoms with Crippen molar-refractivity contribution in [2.24, 2.45) is 11.8 Å². The standard InChI is InChI=1S/C11H12BrNO/c12-9-1-2-11(13-6-9)14-10-4-7-3-8(7)5-10/h1-2,6-8,10H,3-5H2/t7-,8+,10-. The van der Waals surface area contributed by atoms with Crippen molar-refractivity contribution in [3.63, 3.8) is 0 Å². The Kier molecular flexibility index (Phi) is 2.01. The van der Waals surface area contributed by atoms with Crippen molar-refractivity contribution >= 4 is 15.9 Å². The van der Waals surface area contributed by atoms with Gasteiger partial charge in [-0.2, -0.15) is 0 Å². The molecule has 0 N–H and O–H groups in total. The first kappa shape index (κ1) is 8.72. The largest absolute Gasteiger partial charge is 0.474 e. The van der Waals surface area contributed by atoms with Crippen LogP contribution < -0.4 is 4.74 Å². The van der Waals surface area contributed by atoms with E-state index in [1.807, 2.05) is 12.1 Å². The molecule has 14 heavy (non-hydrogen) atoms. The maximum Gasteiger partial charge on any atom is 0.213 e. The number of rotatable bonds is 2.